The summed E-state index contributed by atoms with van der Waals surface area (Å²) >= 11 is 6.17. The molecule has 1 N–H and O–H groups in total. The predicted octanol–water partition coefficient (Wildman–Crippen LogP) is 3.04. The van der Waals surface area contributed by atoms with Gasteiger partial charge in [-0.3, -0.25) is 4.79 Å². The summed E-state index contributed by atoms with van der Waals surface area (Å²) in [6.45, 7) is 6.63. The number of likely N-dealkylation sites (tertiary alicyclic amines) is 1. The summed E-state index contributed by atoms with van der Waals surface area (Å²) in [5, 5.41) is 3.29. The number of carbonyl (C=O) groups is 1. The summed E-state index contributed by atoms with van der Waals surface area (Å²) in [7, 11) is -3.63. The van der Waals surface area contributed by atoms with Crippen molar-refractivity contribution in [1.29, 1.82) is 0 Å². The van der Waals surface area contributed by atoms with Crippen LogP contribution in [0.15, 0.2) is 23.1 Å². The molecule has 2 heterocycles. The molecule has 1 amide bonds. The van der Waals surface area contributed by atoms with Gasteiger partial charge in [-0.15, -0.1) is 0 Å². The molecule has 0 bridgehead atoms. The minimum atomic E-state index is -3.63. The molecule has 162 valence electrons. The second kappa shape index (κ2) is 10.2. The van der Waals surface area contributed by atoms with Gasteiger partial charge in [0.15, 0.2) is 0 Å². The fraction of sp³-hybridized carbons (Fsp3) is 0.667. The maximum Gasteiger partial charge on any atom is 0.244 e. The number of amides is 1. The van der Waals surface area contributed by atoms with Crippen LogP contribution in [0.5, 0.6) is 0 Å². The molecule has 0 unspecified atom stereocenters. The van der Waals surface area contributed by atoms with Crippen LogP contribution in [0.1, 0.15) is 44.1 Å². The van der Waals surface area contributed by atoms with Crippen molar-refractivity contribution < 1.29 is 13.2 Å². The van der Waals surface area contributed by atoms with Crippen LogP contribution in [0.3, 0.4) is 0 Å². The highest BCUT2D eigenvalue weighted by Gasteiger charge is 2.33. The number of carbonyl (C=O) groups excluding carboxylic acids is 1. The van der Waals surface area contributed by atoms with Gasteiger partial charge in [-0.25, -0.2) is 8.42 Å². The number of nitrogens with one attached hydrogen (secondary N) is 1. The van der Waals surface area contributed by atoms with Gasteiger partial charge in [-0.1, -0.05) is 24.1 Å². The van der Waals surface area contributed by atoms with Crippen molar-refractivity contribution in [1.82, 2.24) is 14.5 Å². The number of benzene rings is 1. The predicted molar refractivity (Wildman–Crippen MR) is 116 cm³/mol. The Hall–Kier alpha value is -1.15. The topological polar surface area (TPSA) is 69.7 Å². The number of nitrogens with zero attached hydrogens (tertiary/aromatic N) is 2. The number of hydrogen-bond donors (Lipinski definition) is 1. The third kappa shape index (κ3) is 5.94. The van der Waals surface area contributed by atoms with Gasteiger partial charge >= 0.3 is 0 Å². The molecule has 3 rings (SSSR count). The molecule has 2 saturated heterocycles. The van der Waals surface area contributed by atoms with Crippen LogP contribution in [0.4, 0.5) is 0 Å². The average molecular weight is 442 g/mol. The van der Waals surface area contributed by atoms with Crippen molar-refractivity contribution in [3.05, 3.63) is 28.8 Å². The zero-order valence-electron chi connectivity index (χ0n) is 17.2. The molecule has 2 aliphatic heterocycles. The fourth-order valence-corrected chi connectivity index (χ4v) is 6.20. The van der Waals surface area contributed by atoms with Crippen molar-refractivity contribution in [3.63, 3.8) is 0 Å². The molecule has 29 heavy (non-hydrogen) atoms. The molecular weight excluding hydrogens is 410 g/mol. The van der Waals surface area contributed by atoms with Gasteiger partial charge in [0.25, 0.3) is 0 Å². The minimum absolute atomic E-state index is 0.0501. The summed E-state index contributed by atoms with van der Waals surface area (Å²) in [5.74, 6) is -0.0704. The molecule has 1 aromatic carbocycles. The van der Waals surface area contributed by atoms with E-state index in [-0.39, 0.29) is 21.7 Å². The van der Waals surface area contributed by atoms with E-state index in [4.69, 9.17) is 11.6 Å². The lowest BCUT2D eigenvalue weighted by atomic mass is 9.97. The third-order valence-corrected chi connectivity index (χ3v) is 8.31. The highest BCUT2D eigenvalue weighted by molar-refractivity contribution is 7.89. The van der Waals surface area contributed by atoms with Gasteiger partial charge in [0.05, 0.1) is 5.02 Å². The zero-order valence-corrected chi connectivity index (χ0v) is 18.8. The lowest BCUT2D eigenvalue weighted by molar-refractivity contribution is -0.126. The molecule has 0 spiro atoms. The molecule has 0 aliphatic carbocycles. The van der Waals surface area contributed by atoms with Crippen molar-refractivity contribution in [2.24, 2.45) is 5.92 Å². The highest BCUT2D eigenvalue weighted by atomic mass is 35.5. The summed E-state index contributed by atoms with van der Waals surface area (Å²) in [4.78, 5) is 15.1. The van der Waals surface area contributed by atoms with E-state index in [0.717, 1.165) is 18.5 Å². The molecule has 0 atom stereocenters. The smallest absolute Gasteiger partial charge is 0.244 e. The van der Waals surface area contributed by atoms with Crippen molar-refractivity contribution in [2.75, 3.05) is 39.3 Å². The summed E-state index contributed by atoms with van der Waals surface area (Å²) in [6, 6.07) is 4.98. The summed E-state index contributed by atoms with van der Waals surface area (Å²) in [6.07, 6.45) is 5.94. The number of aryl methyl sites for hydroxylation is 1. The van der Waals surface area contributed by atoms with Crippen molar-refractivity contribution in [2.45, 2.75) is 50.3 Å². The van der Waals surface area contributed by atoms with Crippen LogP contribution in [0.25, 0.3) is 0 Å². The molecule has 2 fully saturated rings. The van der Waals surface area contributed by atoms with E-state index in [1.54, 1.807) is 18.2 Å². The number of hydrogen-bond acceptors (Lipinski definition) is 4. The molecule has 8 heteroatoms. The van der Waals surface area contributed by atoms with Crippen molar-refractivity contribution >= 4 is 27.5 Å². The first-order valence-corrected chi connectivity index (χ1v) is 12.5. The molecule has 0 radical (unpaired) electrons. The van der Waals surface area contributed by atoms with Crippen LogP contribution in [-0.2, 0) is 14.8 Å². The van der Waals surface area contributed by atoms with Crippen LogP contribution in [-0.4, -0.2) is 62.8 Å². The second-order valence-electron chi connectivity index (χ2n) is 8.16. The van der Waals surface area contributed by atoms with Crippen LogP contribution < -0.4 is 5.32 Å². The quantitative estimate of drug-likeness (QED) is 0.660. The first-order valence-electron chi connectivity index (χ1n) is 10.6. The Morgan fingerprint density at radius 2 is 1.83 bits per heavy atom. The van der Waals surface area contributed by atoms with E-state index in [1.807, 2.05) is 6.92 Å². The monoisotopic (exact) mass is 441 g/mol. The minimum Gasteiger partial charge on any atom is -0.356 e. The lowest BCUT2D eigenvalue weighted by Gasteiger charge is -2.31. The van der Waals surface area contributed by atoms with E-state index in [0.29, 0.717) is 32.5 Å². The fourth-order valence-electron chi connectivity index (χ4n) is 4.15. The van der Waals surface area contributed by atoms with E-state index in [9.17, 15) is 13.2 Å². The van der Waals surface area contributed by atoms with Gasteiger partial charge in [0, 0.05) is 25.6 Å². The Kier molecular flexibility index (Phi) is 7.96. The molecular formula is C21H32ClN3O3S. The Bertz CT molecular complexity index is 801. The van der Waals surface area contributed by atoms with Gasteiger partial charge in [0.2, 0.25) is 15.9 Å². The van der Waals surface area contributed by atoms with E-state index in [2.05, 4.69) is 10.2 Å². The summed E-state index contributed by atoms with van der Waals surface area (Å²) in [5.41, 5.74) is 0.921. The Labute approximate surface area is 179 Å². The molecule has 1 aromatic rings. The Morgan fingerprint density at radius 3 is 2.48 bits per heavy atom. The number of piperidine rings is 2. The van der Waals surface area contributed by atoms with Gasteiger partial charge < -0.3 is 10.2 Å². The zero-order chi connectivity index (χ0) is 20.9. The number of sulfonamides is 1. The molecule has 0 aromatic heterocycles. The maximum absolute atomic E-state index is 12.9. The largest absolute Gasteiger partial charge is 0.356 e. The molecule has 2 aliphatic rings. The first-order chi connectivity index (χ1) is 13.9. The van der Waals surface area contributed by atoms with Crippen LogP contribution in [0.2, 0.25) is 5.02 Å². The number of rotatable bonds is 7. The average Bonchev–Trinajstić information content (AvgIpc) is 2.71. The van der Waals surface area contributed by atoms with Crippen LogP contribution >= 0.6 is 11.6 Å². The first kappa shape index (κ1) is 22.5. The summed E-state index contributed by atoms with van der Waals surface area (Å²) < 4.78 is 27.2. The van der Waals surface area contributed by atoms with Gasteiger partial charge in [-0.2, -0.15) is 4.31 Å². The number of halogens is 1. The van der Waals surface area contributed by atoms with E-state index >= 15 is 0 Å². The van der Waals surface area contributed by atoms with E-state index in [1.165, 1.54) is 36.7 Å². The lowest BCUT2D eigenvalue weighted by Crippen LogP contribution is -2.43. The van der Waals surface area contributed by atoms with Gasteiger partial charge in [0.1, 0.15) is 4.90 Å². The second-order valence-corrected chi connectivity index (χ2v) is 10.5. The standard InChI is InChI=1S/C21H32ClN3O3S/c1-17-6-7-20(19(22)16-17)29(27,28)25-14-8-18(9-15-25)21(26)23-10-5-13-24-11-3-2-4-12-24/h6-7,16,18H,2-5,8-15H2,1H3,(H,23,26). The Morgan fingerprint density at radius 1 is 1.14 bits per heavy atom. The van der Waals surface area contributed by atoms with Crippen molar-refractivity contribution in [3.8, 4) is 0 Å². The SMILES string of the molecule is Cc1ccc(S(=O)(=O)N2CCC(C(=O)NCCCN3CCCCC3)CC2)c(Cl)c1. The third-order valence-electron chi connectivity index (χ3n) is 5.93. The Balaban J connectivity index is 1.43. The molecule has 0 saturated carbocycles. The van der Waals surface area contributed by atoms with Crippen LogP contribution in [0, 0.1) is 12.8 Å². The molecule has 6 nitrogen and oxygen atoms in total. The van der Waals surface area contributed by atoms with Gasteiger partial charge in [-0.05, 0) is 76.4 Å². The maximum atomic E-state index is 12.9. The van der Waals surface area contributed by atoms with E-state index < -0.39 is 10.0 Å². The normalized spacial score (nSPS) is 19.9. The highest BCUT2D eigenvalue weighted by Crippen LogP contribution is 2.29.